The number of ether oxygens (including phenoxy) is 1. The predicted molar refractivity (Wildman–Crippen MR) is 112 cm³/mol. The first-order valence-corrected chi connectivity index (χ1v) is 9.89. The number of esters is 1. The third-order valence-electron chi connectivity index (χ3n) is 5.48. The zero-order valence-electron chi connectivity index (χ0n) is 16.5. The topological polar surface area (TPSA) is 74.4 Å². The van der Waals surface area contributed by atoms with E-state index in [0.717, 1.165) is 29.7 Å². The third-order valence-corrected chi connectivity index (χ3v) is 5.48. The van der Waals surface area contributed by atoms with E-state index in [4.69, 9.17) is 0 Å². The number of amides is 1. The number of aromatic amines is 1. The van der Waals surface area contributed by atoms with E-state index in [1.165, 1.54) is 18.1 Å². The fourth-order valence-electron chi connectivity index (χ4n) is 4.12. The highest BCUT2D eigenvalue weighted by Crippen LogP contribution is 2.38. The molecule has 1 amide bonds. The standard InChI is InChI=1S/C23H25N3O3/c1-29-21(28)11-13-24-20(27)15-26-14-12-18-17-9-5-6-10-19(17)25-22(18)23(26)16-7-3-2-4-8-16/h2-10,23,25H,11-15H2,1H3,(H,24,27). The van der Waals surface area contributed by atoms with Crippen molar-refractivity contribution >= 4 is 22.8 Å². The first kappa shape index (κ1) is 19.2. The van der Waals surface area contributed by atoms with Gasteiger partial charge in [-0.25, -0.2) is 0 Å². The van der Waals surface area contributed by atoms with Gasteiger partial charge in [0.15, 0.2) is 0 Å². The SMILES string of the molecule is COC(=O)CCNC(=O)CN1CCc2c([nH]c3ccccc23)C1c1ccccc1. The molecule has 0 bridgehead atoms. The van der Waals surface area contributed by atoms with Crippen molar-refractivity contribution in [2.45, 2.75) is 18.9 Å². The number of aromatic nitrogens is 1. The van der Waals surface area contributed by atoms with Gasteiger partial charge >= 0.3 is 5.97 Å². The van der Waals surface area contributed by atoms with Crippen LogP contribution in [0.15, 0.2) is 54.6 Å². The van der Waals surface area contributed by atoms with Crippen molar-refractivity contribution in [1.29, 1.82) is 0 Å². The van der Waals surface area contributed by atoms with Crippen LogP contribution in [0.5, 0.6) is 0 Å². The maximum absolute atomic E-state index is 12.5. The van der Waals surface area contributed by atoms with Crippen LogP contribution in [0.3, 0.4) is 0 Å². The minimum absolute atomic E-state index is 0.0151. The second kappa shape index (κ2) is 8.49. The maximum atomic E-state index is 12.5. The van der Waals surface area contributed by atoms with Gasteiger partial charge in [-0.1, -0.05) is 48.5 Å². The number of nitrogens with zero attached hydrogens (tertiary/aromatic N) is 1. The molecule has 1 aromatic heterocycles. The second-order valence-corrected chi connectivity index (χ2v) is 7.27. The molecule has 1 aliphatic rings. The fraction of sp³-hybridized carbons (Fsp3) is 0.304. The number of nitrogens with one attached hydrogen (secondary N) is 2. The van der Waals surface area contributed by atoms with Gasteiger partial charge in [-0.2, -0.15) is 0 Å². The van der Waals surface area contributed by atoms with Gasteiger partial charge in [-0.05, 0) is 23.6 Å². The van der Waals surface area contributed by atoms with Crippen LogP contribution in [0.4, 0.5) is 0 Å². The molecule has 1 unspecified atom stereocenters. The molecule has 0 spiro atoms. The Labute approximate surface area is 169 Å². The highest BCUT2D eigenvalue weighted by atomic mass is 16.5. The number of rotatable bonds is 6. The molecule has 1 atom stereocenters. The summed E-state index contributed by atoms with van der Waals surface area (Å²) in [6.07, 6.45) is 1.06. The van der Waals surface area contributed by atoms with E-state index < -0.39 is 0 Å². The van der Waals surface area contributed by atoms with Crippen molar-refractivity contribution in [2.75, 3.05) is 26.7 Å². The normalized spacial score (nSPS) is 16.4. The number of fused-ring (bicyclic) bond motifs is 3. The van der Waals surface area contributed by atoms with Crippen molar-refractivity contribution < 1.29 is 14.3 Å². The number of carbonyl (C=O) groups excluding carboxylic acids is 2. The van der Waals surface area contributed by atoms with Gasteiger partial charge in [0.05, 0.1) is 26.1 Å². The first-order valence-electron chi connectivity index (χ1n) is 9.89. The second-order valence-electron chi connectivity index (χ2n) is 7.27. The summed E-state index contributed by atoms with van der Waals surface area (Å²) in [5.41, 5.74) is 4.77. The molecule has 4 rings (SSSR count). The average molecular weight is 391 g/mol. The molecule has 0 saturated carbocycles. The van der Waals surface area contributed by atoms with E-state index in [0.29, 0.717) is 0 Å². The summed E-state index contributed by atoms with van der Waals surface area (Å²) in [5, 5.41) is 4.08. The summed E-state index contributed by atoms with van der Waals surface area (Å²) in [6, 6.07) is 18.6. The maximum Gasteiger partial charge on any atom is 0.307 e. The molecule has 6 heteroatoms. The summed E-state index contributed by atoms with van der Waals surface area (Å²) < 4.78 is 4.62. The Morgan fingerprint density at radius 3 is 2.69 bits per heavy atom. The Hall–Kier alpha value is -3.12. The lowest BCUT2D eigenvalue weighted by Gasteiger charge is -2.35. The Morgan fingerprint density at radius 2 is 1.90 bits per heavy atom. The molecule has 0 aliphatic carbocycles. The predicted octanol–water partition coefficient (Wildman–Crippen LogP) is 2.79. The number of hydrogen-bond acceptors (Lipinski definition) is 4. The molecule has 3 aromatic rings. The molecule has 29 heavy (non-hydrogen) atoms. The van der Waals surface area contributed by atoms with Gasteiger partial charge in [0.25, 0.3) is 0 Å². The van der Waals surface area contributed by atoms with Crippen LogP contribution in [0, 0.1) is 0 Å². The van der Waals surface area contributed by atoms with E-state index in [1.807, 2.05) is 24.3 Å². The number of H-pyrrole nitrogens is 1. The molecule has 2 aromatic carbocycles. The average Bonchev–Trinajstić information content (AvgIpc) is 3.12. The van der Waals surface area contributed by atoms with Crippen LogP contribution in [0.25, 0.3) is 10.9 Å². The Kier molecular flexibility index (Phi) is 5.62. The number of carbonyl (C=O) groups is 2. The molecule has 0 fully saturated rings. The summed E-state index contributed by atoms with van der Waals surface area (Å²) in [4.78, 5) is 29.6. The minimum atomic E-state index is -0.326. The summed E-state index contributed by atoms with van der Waals surface area (Å²) in [7, 11) is 1.35. The molecule has 2 N–H and O–H groups in total. The van der Waals surface area contributed by atoms with Crippen molar-refractivity contribution in [3.63, 3.8) is 0 Å². The number of para-hydroxylation sites is 1. The van der Waals surface area contributed by atoms with Gasteiger partial charge in [-0.3, -0.25) is 14.5 Å². The highest BCUT2D eigenvalue weighted by molar-refractivity contribution is 5.85. The summed E-state index contributed by atoms with van der Waals surface area (Å²) in [6.45, 7) is 1.35. The molecule has 150 valence electrons. The lowest BCUT2D eigenvalue weighted by atomic mass is 9.92. The molecule has 6 nitrogen and oxygen atoms in total. The van der Waals surface area contributed by atoms with Gasteiger partial charge in [0.2, 0.25) is 5.91 Å². The number of methoxy groups -OCH3 is 1. The van der Waals surface area contributed by atoms with Crippen LogP contribution in [-0.2, 0) is 20.7 Å². The van der Waals surface area contributed by atoms with Crippen molar-refractivity contribution in [3.8, 4) is 0 Å². The third kappa shape index (κ3) is 4.03. The highest BCUT2D eigenvalue weighted by Gasteiger charge is 2.32. The fourth-order valence-corrected chi connectivity index (χ4v) is 4.12. The number of benzene rings is 2. The van der Waals surface area contributed by atoms with E-state index in [1.54, 1.807) is 0 Å². The number of hydrogen-bond donors (Lipinski definition) is 2. The van der Waals surface area contributed by atoms with E-state index in [9.17, 15) is 9.59 Å². The smallest absolute Gasteiger partial charge is 0.307 e. The Balaban J connectivity index is 1.59. The molecule has 0 saturated heterocycles. The summed E-state index contributed by atoms with van der Waals surface area (Å²) >= 11 is 0. The van der Waals surface area contributed by atoms with Crippen molar-refractivity contribution in [1.82, 2.24) is 15.2 Å². The molecular formula is C23H25N3O3. The Bertz CT molecular complexity index is 1010. The Morgan fingerprint density at radius 1 is 1.14 bits per heavy atom. The molecule has 0 radical (unpaired) electrons. The van der Waals surface area contributed by atoms with Gasteiger partial charge in [-0.15, -0.1) is 0 Å². The van der Waals surface area contributed by atoms with E-state index >= 15 is 0 Å². The monoisotopic (exact) mass is 391 g/mol. The van der Waals surface area contributed by atoms with Gasteiger partial charge in [0.1, 0.15) is 0 Å². The van der Waals surface area contributed by atoms with Crippen LogP contribution in [-0.4, -0.2) is 48.5 Å². The first-order chi connectivity index (χ1) is 14.2. The quantitative estimate of drug-likeness (QED) is 0.634. The van der Waals surface area contributed by atoms with Crippen molar-refractivity contribution in [2.24, 2.45) is 0 Å². The largest absolute Gasteiger partial charge is 0.469 e. The molecule has 2 heterocycles. The van der Waals surface area contributed by atoms with Crippen LogP contribution < -0.4 is 5.32 Å². The van der Waals surface area contributed by atoms with Gasteiger partial charge < -0.3 is 15.0 Å². The van der Waals surface area contributed by atoms with Crippen LogP contribution in [0.2, 0.25) is 0 Å². The lowest BCUT2D eigenvalue weighted by molar-refractivity contribution is -0.140. The molecular weight excluding hydrogens is 366 g/mol. The zero-order chi connectivity index (χ0) is 20.2. The molecule has 1 aliphatic heterocycles. The minimum Gasteiger partial charge on any atom is -0.469 e. The van der Waals surface area contributed by atoms with E-state index in [2.05, 4.69) is 50.3 Å². The zero-order valence-corrected chi connectivity index (χ0v) is 16.5. The van der Waals surface area contributed by atoms with E-state index in [-0.39, 0.29) is 37.4 Å². The van der Waals surface area contributed by atoms with Crippen LogP contribution in [0.1, 0.15) is 29.3 Å². The van der Waals surface area contributed by atoms with Crippen molar-refractivity contribution in [3.05, 3.63) is 71.4 Å². The lowest BCUT2D eigenvalue weighted by Crippen LogP contribution is -2.43. The van der Waals surface area contributed by atoms with Crippen LogP contribution >= 0.6 is 0 Å². The summed E-state index contributed by atoms with van der Waals surface area (Å²) in [5.74, 6) is -0.414. The van der Waals surface area contributed by atoms with Gasteiger partial charge in [0, 0.05) is 29.7 Å².